The van der Waals surface area contributed by atoms with E-state index in [9.17, 15) is 14.4 Å². The van der Waals surface area contributed by atoms with Gasteiger partial charge >= 0.3 is 0 Å². The molecule has 2 aromatic heterocycles. The maximum Gasteiger partial charge on any atom is 0.287 e. The monoisotopic (exact) mass is 474 g/mol. The second-order valence-corrected chi connectivity index (χ2v) is 8.74. The van der Waals surface area contributed by atoms with Gasteiger partial charge in [-0.1, -0.05) is 31.4 Å². The first-order valence-corrected chi connectivity index (χ1v) is 11.9. The van der Waals surface area contributed by atoms with Crippen molar-refractivity contribution < 1.29 is 18.8 Å². The Morgan fingerprint density at radius 2 is 1.66 bits per heavy atom. The minimum atomic E-state index is -0.578. The van der Waals surface area contributed by atoms with Crippen molar-refractivity contribution in [3.8, 4) is 11.3 Å². The van der Waals surface area contributed by atoms with Crippen LogP contribution in [0, 0.1) is 5.92 Å². The largest absolute Gasteiger partial charge is 0.451 e. The van der Waals surface area contributed by atoms with Gasteiger partial charge in [-0.15, -0.1) is 0 Å². The summed E-state index contributed by atoms with van der Waals surface area (Å²) in [7, 11) is 1.58. The van der Waals surface area contributed by atoms with Crippen LogP contribution in [0.25, 0.3) is 11.3 Å². The zero-order valence-corrected chi connectivity index (χ0v) is 19.8. The van der Waals surface area contributed by atoms with Crippen LogP contribution in [-0.4, -0.2) is 35.8 Å². The fraction of sp³-hybridized carbons (Fsp3) is 0.333. The Morgan fingerprint density at radius 3 is 2.34 bits per heavy atom. The fourth-order valence-electron chi connectivity index (χ4n) is 4.42. The second-order valence-electron chi connectivity index (χ2n) is 8.74. The third kappa shape index (κ3) is 6.15. The first-order chi connectivity index (χ1) is 17.0. The molecule has 1 atom stereocenters. The summed E-state index contributed by atoms with van der Waals surface area (Å²) < 4.78 is 5.79. The van der Waals surface area contributed by atoms with Crippen LogP contribution >= 0.6 is 0 Å². The van der Waals surface area contributed by atoms with Crippen molar-refractivity contribution in [2.45, 2.75) is 44.7 Å². The number of pyridine rings is 1. The molecule has 0 bridgehead atoms. The number of furan rings is 1. The third-order valence-electron chi connectivity index (χ3n) is 6.40. The quantitative estimate of drug-likeness (QED) is 0.461. The molecule has 182 valence electrons. The Bertz CT molecular complexity index is 1150. The van der Waals surface area contributed by atoms with Crippen LogP contribution in [0.4, 0.5) is 0 Å². The van der Waals surface area contributed by atoms with E-state index >= 15 is 0 Å². The Labute approximate surface area is 204 Å². The normalized spacial score (nSPS) is 14.7. The van der Waals surface area contributed by atoms with Gasteiger partial charge in [0, 0.05) is 37.1 Å². The number of amides is 3. The summed E-state index contributed by atoms with van der Waals surface area (Å²) in [5, 5.41) is 8.41. The van der Waals surface area contributed by atoms with E-state index in [1.54, 1.807) is 55.8 Å². The predicted molar refractivity (Wildman–Crippen MR) is 131 cm³/mol. The lowest BCUT2D eigenvalue weighted by Gasteiger charge is -2.29. The zero-order valence-electron chi connectivity index (χ0n) is 19.8. The van der Waals surface area contributed by atoms with Crippen molar-refractivity contribution in [1.82, 2.24) is 20.9 Å². The topological polar surface area (TPSA) is 113 Å². The van der Waals surface area contributed by atoms with E-state index in [0.29, 0.717) is 17.9 Å². The molecule has 3 aromatic rings. The smallest absolute Gasteiger partial charge is 0.287 e. The lowest BCUT2D eigenvalue weighted by molar-refractivity contribution is -0.124. The molecule has 1 aliphatic carbocycles. The van der Waals surface area contributed by atoms with Crippen LogP contribution in [-0.2, 0) is 11.3 Å². The number of nitrogens with one attached hydrogen (secondary N) is 3. The molecule has 8 nitrogen and oxygen atoms in total. The molecule has 35 heavy (non-hydrogen) atoms. The summed E-state index contributed by atoms with van der Waals surface area (Å²) in [6.07, 6.45) is 8.51. The van der Waals surface area contributed by atoms with Gasteiger partial charge in [0.05, 0.1) is 0 Å². The number of likely N-dealkylation sites (N-methyl/N-ethyl adjacent to an activating group) is 1. The summed E-state index contributed by atoms with van der Waals surface area (Å²) in [6, 6.07) is 13.4. The molecule has 0 spiro atoms. The van der Waals surface area contributed by atoms with Crippen LogP contribution < -0.4 is 16.0 Å². The van der Waals surface area contributed by atoms with Crippen LogP contribution in [0.3, 0.4) is 0 Å². The number of nitrogens with zero attached hydrogens (tertiary/aromatic N) is 1. The van der Waals surface area contributed by atoms with Gasteiger partial charge in [-0.3, -0.25) is 19.4 Å². The van der Waals surface area contributed by atoms with Crippen LogP contribution in [0.1, 0.15) is 58.6 Å². The summed E-state index contributed by atoms with van der Waals surface area (Å²) in [4.78, 5) is 41.7. The minimum Gasteiger partial charge on any atom is -0.451 e. The average Bonchev–Trinajstić information content (AvgIpc) is 3.41. The molecule has 0 saturated heterocycles. The van der Waals surface area contributed by atoms with Gasteiger partial charge in [0.25, 0.3) is 11.8 Å². The first-order valence-electron chi connectivity index (χ1n) is 11.9. The molecule has 0 radical (unpaired) electrons. The Morgan fingerprint density at radius 1 is 0.943 bits per heavy atom. The maximum atomic E-state index is 12.9. The maximum absolute atomic E-state index is 12.9. The number of hydrogen-bond acceptors (Lipinski definition) is 5. The molecule has 1 saturated carbocycles. The first kappa shape index (κ1) is 24.2. The van der Waals surface area contributed by atoms with E-state index in [4.69, 9.17) is 4.42 Å². The zero-order chi connectivity index (χ0) is 24.6. The lowest BCUT2D eigenvalue weighted by atomic mass is 9.83. The van der Waals surface area contributed by atoms with E-state index in [2.05, 4.69) is 20.9 Å². The molecule has 1 unspecified atom stereocenters. The van der Waals surface area contributed by atoms with Gasteiger partial charge in [-0.25, -0.2) is 0 Å². The van der Waals surface area contributed by atoms with Crippen molar-refractivity contribution in [2.75, 3.05) is 7.05 Å². The van der Waals surface area contributed by atoms with Crippen molar-refractivity contribution in [3.05, 3.63) is 77.8 Å². The summed E-state index contributed by atoms with van der Waals surface area (Å²) in [5.41, 5.74) is 2.23. The van der Waals surface area contributed by atoms with Gasteiger partial charge < -0.3 is 20.4 Å². The molecule has 4 rings (SSSR count). The van der Waals surface area contributed by atoms with E-state index in [-0.39, 0.29) is 23.5 Å². The molecule has 2 heterocycles. The van der Waals surface area contributed by atoms with Crippen molar-refractivity contribution in [3.63, 3.8) is 0 Å². The molecule has 0 aliphatic heterocycles. The van der Waals surface area contributed by atoms with E-state index in [0.717, 1.165) is 43.2 Å². The Hall–Kier alpha value is -3.94. The van der Waals surface area contributed by atoms with Crippen molar-refractivity contribution >= 4 is 17.7 Å². The average molecular weight is 475 g/mol. The van der Waals surface area contributed by atoms with Crippen LogP contribution in [0.5, 0.6) is 0 Å². The second kappa shape index (κ2) is 11.5. The van der Waals surface area contributed by atoms with E-state index in [1.807, 2.05) is 12.1 Å². The molecule has 3 amide bonds. The van der Waals surface area contributed by atoms with E-state index < -0.39 is 11.9 Å². The molecular weight excluding hydrogens is 444 g/mol. The van der Waals surface area contributed by atoms with Crippen LogP contribution in [0.2, 0.25) is 0 Å². The Kier molecular flexibility index (Phi) is 7.92. The Balaban J connectivity index is 1.38. The number of carbonyl (C=O) groups excluding carboxylic acids is 3. The van der Waals surface area contributed by atoms with Gasteiger partial charge in [-0.05, 0) is 60.7 Å². The van der Waals surface area contributed by atoms with E-state index in [1.165, 1.54) is 0 Å². The highest BCUT2D eigenvalue weighted by Gasteiger charge is 2.31. The minimum absolute atomic E-state index is 0.124. The third-order valence-corrected chi connectivity index (χ3v) is 6.40. The number of hydrogen-bond donors (Lipinski definition) is 3. The summed E-state index contributed by atoms with van der Waals surface area (Å²) >= 11 is 0. The molecule has 8 heteroatoms. The van der Waals surface area contributed by atoms with Crippen molar-refractivity contribution in [2.24, 2.45) is 5.92 Å². The molecule has 3 N–H and O–H groups in total. The number of aromatic nitrogens is 1. The van der Waals surface area contributed by atoms with Gasteiger partial charge in [-0.2, -0.15) is 0 Å². The fourth-order valence-corrected chi connectivity index (χ4v) is 4.42. The highest BCUT2D eigenvalue weighted by atomic mass is 16.4. The molecule has 1 aliphatic rings. The number of carbonyl (C=O) groups is 3. The van der Waals surface area contributed by atoms with Crippen molar-refractivity contribution in [1.29, 1.82) is 0 Å². The van der Waals surface area contributed by atoms with Gasteiger partial charge in [0.15, 0.2) is 5.76 Å². The highest BCUT2D eigenvalue weighted by molar-refractivity contribution is 5.96. The predicted octanol–water partition coefficient (Wildman–Crippen LogP) is 3.70. The lowest BCUT2D eigenvalue weighted by Crippen LogP contribution is -2.50. The molecular formula is C27H30N4O4. The molecule has 1 fully saturated rings. The summed E-state index contributed by atoms with van der Waals surface area (Å²) in [5.74, 6) is -0.00976. The molecule has 1 aromatic carbocycles. The number of benzene rings is 1. The number of rotatable bonds is 8. The standard InChI is InChI=1S/C27H30N4O4/c1-28-27(34)24(20-5-3-2-4-6-20)31-26(33)23-12-11-22(35-23)19-7-9-21(10-8-19)25(32)30-17-18-13-15-29-16-14-18/h7-16,20,24H,2-6,17H2,1H3,(H,28,34)(H,30,32)(H,31,33). The highest BCUT2D eigenvalue weighted by Crippen LogP contribution is 2.27. The van der Waals surface area contributed by atoms with Crippen LogP contribution in [0.15, 0.2) is 65.3 Å². The van der Waals surface area contributed by atoms with Gasteiger partial charge in [0.1, 0.15) is 11.8 Å². The van der Waals surface area contributed by atoms with Gasteiger partial charge in [0.2, 0.25) is 5.91 Å². The SMILES string of the molecule is CNC(=O)C(NC(=O)c1ccc(-c2ccc(C(=O)NCc3ccncc3)cc2)o1)C1CCCCC1. The summed E-state index contributed by atoms with van der Waals surface area (Å²) in [6.45, 7) is 0.414.